The zero-order valence-electron chi connectivity index (χ0n) is 10.3. The molecule has 1 heterocycles. The maximum atomic E-state index is 12.2. The van der Waals surface area contributed by atoms with Crippen LogP contribution in [0.15, 0.2) is 30.3 Å². The Balaban J connectivity index is 1.91. The Bertz CT molecular complexity index is 356. The predicted molar refractivity (Wildman–Crippen MR) is 66.9 cm³/mol. The van der Waals surface area contributed by atoms with E-state index in [0.29, 0.717) is 5.92 Å². The van der Waals surface area contributed by atoms with Crippen molar-refractivity contribution in [1.82, 2.24) is 4.90 Å². The van der Waals surface area contributed by atoms with Crippen LogP contribution in [0.3, 0.4) is 0 Å². The number of ether oxygens (including phenoxy) is 1. The van der Waals surface area contributed by atoms with Gasteiger partial charge in [-0.25, -0.2) is 0 Å². The zero-order valence-corrected chi connectivity index (χ0v) is 10.3. The first-order valence-corrected chi connectivity index (χ1v) is 6.14. The van der Waals surface area contributed by atoms with E-state index in [2.05, 4.69) is 0 Å². The van der Waals surface area contributed by atoms with E-state index in [1.807, 2.05) is 35.2 Å². The Labute approximate surface area is 102 Å². The van der Waals surface area contributed by atoms with Crippen LogP contribution < -0.4 is 0 Å². The lowest BCUT2D eigenvalue weighted by Gasteiger charge is -2.31. The van der Waals surface area contributed by atoms with Crippen LogP contribution in [-0.2, 0) is 4.74 Å². The first-order chi connectivity index (χ1) is 8.31. The lowest BCUT2D eigenvalue weighted by atomic mass is 9.97. The molecule has 1 aromatic rings. The summed E-state index contributed by atoms with van der Waals surface area (Å²) >= 11 is 0. The maximum Gasteiger partial charge on any atom is 0.253 e. The summed E-state index contributed by atoms with van der Waals surface area (Å²) < 4.78 is 5.16. The lowest BCUT2D eigenvalue weighted by molar-refractivity contribution is 0.0613. The molecule has 1 aliphatic rings. The maximum absolute atomic E-state index is 12.2. The molecule has 0 radical (unpaired) electrons. The summed E-state index contributed by atoms with van der Waals surface area (Å²) in [6.45, 7) is 2.51. The molecule has 92 valence electrons. The second kappa shape index (κ2) is 5.82. The molecule has 0 N–H and O–H groups in total. The number of nitrogens with zero attached hydrogens (tertiary/aromatic N) is 1. The number of amides is 1. The molecule has 1 amide bonds. The molecular weight excluding hydrogens is 214 g/mol. The number of benzene rings is 1. The number of carbonyl (C=O) groups excluding carboxylic acids is 1. The monoisotopic (exact) mass is 233 g/mol. The number of methoxy groups -OCH3 is 1. The van der Waals surface area contributed by atoms with Gasteiger partial charge in [-0.2, -0.15) is 0 Å². The second-order valence-electron chi connectivity index (χ2n) is 4.56. The highest BCUT2D eigenvalue weighted by molar-refractivity contribution is 5.94. The van der Waals surface area contributed by atoms with Crippen molar-refractivity contribution < 1.29 is 9.53 Å². The number of hydrogen-bond donors (Lipinski definition) is 0. The summed E-state index contributed by atoms with van der Waals surface area (Å²) in [6, 6.07) is 9.50. The van der Waals surface area contributed by atoms with E-state index in [1.165, 1.54) is 0 Å². The molecule has 0 atom stereocenters. The summed E-state index contributed by atoms with van der Waals surface area (Å²) in [6.07, 6.45) is 2.10. The molecule has 0 unspecified atom stereocenters. The van der Waals surface area contributed by atoms with Crippen molar-refractivity contribution in [3.05, 3.63) is 35.9 Å². The zero-order chi connectivity index (χ0) is 12.1. The quantitative estimate of drug-likeness (QED) is 0.801. The SMILES string of the molecule is COCC1CCN(C(=O)c2ccccc2)CC1. The van der Waals surface area contributed by atoms with E-state index in [0.717, 1.165) is 38.1 Å². The fraction of sp³-hybridized carbons (Fsp3) is 0.500. The van der Waals surface area contributed by atoms with Crippen LogP contribution in [0.25, 0.3) is 0 Å². The van der Waals surface area contributed by atoms with Gasteiger partial charge in [0.15, 0.2) is 0 Å². The van der Waals surface area contributed by atoms with E-state index in [9.17, 15) is 4.79 Å². The number of likely N-dealkylation sites (tertiary alicyclic amines) is 1. The van der Waals surface area contributed by atoms with Gasteiger partial charge in [0.05, 0.1) is 0 Å². The van der Waals surface area contributed by atoms with Gasteiger partial charge in [-0.3, -0.25) is 4.79 Å². The van der Waals surface area contributed by atoms with Crippen LogP contribution in [0.2, 0.25) is 0 Å². The smallest absolute Gasteiger partial charge is 0.253 e. The van der Waals surface area contributed by atoms with Crippen LogP contribution in [0, 0.1) is 5.92 Å². The first-order valence-electron chi connectivity index (χ1n) is 6.14. The molecule has 17 heavy (non-hydrogen) atoms. The van der Waals surface area contributed by atoms with Crippen molar-refractivity contribution in [3.8, 4) is 0 Å². The Morgan fingerprint density at radius 3 is 2.53 bits per heavy atom. The summed E-state index contributed by atoms with van der Waals surface area (Å²) in [5, 5.41) is 0. The summed E-state index contributed by atoms with van der Waals surface area (Å²) in [7, 11) is 1.74. The van der Waals surface area contributed by atoms with Crippen LogP contribution in [0.1, 0.15) is 23.2 Å². The van der Waals surface area contributed by atoms with E-state index in [-0.39, 0.29) is 5.91 Å². The van der Waals surface area contributed by atoms with Gasteiger partial charge in [-0.1, -0.05) is 18.2 Å². The minimum atomic E-state index is 0.154. The third-order valence-electron chi connectivity index (χ3n) is 3.32. The molecule has 0 aliphatic carbocycles. The number of hydrogen-bond acceptors (Lipinski definition) is 2. The van der Waals surface area contributed by atoms with Crippen molar-refractivity contribution in [2.24, 2.45) is 5.92 Å². The van der Waals surface area contributed by atoms with Gasteiger partial charge < -0.3 is 9.64 Å². The van der Waals surface area contributed by atoms with E-state index >= 15 is 0 Å². The topological polar surface area (TPSA) is 29.5 Å². The molecule has 0 bridgehead atoms. The molecule has 1 aromatic carbocycles. The number of carbonyl (C=O) groups is 1. The fourth-order valence-corrected chi connectivity index (χ4v) is 2.30. The number of piperidine rings is 1. The summed E-state index contributed by atoms with van der Waals surface area (Å²) in [4.78, 5) is 14.1. The van der Waals surface area contributed by atoms with Gasteiger partial charge >= 0.3 is 0 Å². The average molecular weight is 233 g/mol. The Morgan fingerprint density at radius 1 is 1.29 bits per heavy atom. The first kappa shape index (κ1) is 12.1. The highest BCUT2D eigenvalue weighted by Gasteiger charge is 2.23. The van der Waals surface area contributed by atoms with Crippen LogP contribution in [0.5, 0.6) is 0 Å². The molecule has 1 aliphatic heterocycles. The van der Waals surface area contributed by atoms with Crippen LogP contribution in [0.4, 0.5) is 0 Å². The average Bonchev–Trinajstić information content (AvgIpc) is 2.40. The third kappa shape index (κ3) is 3.07. The lowest BCUT2D eigenvalue weighted by Crippen LogP contribution is -2.39. The summed E-state index contributed by atoms with van der Waals surface area (Å²) in [5.74, 6) is 0.765. The minimum Gasteiger partial charge on any atom is -0.384 e. The molecule has 1 fully saturated rings. The molecule has 2 rings (SSSR count). The summed E-state index contributed by atoms with van der Waals surface area (Å²) in [5.41, 5.74) is 0.790. The predicted octanol–water partition coefficient (Wildman–Crippen LogP) is 2.19. The molecule has 3 nitrogen and oxygen atoms in total. The normalized spacial score (nSPS) is 17.1. The Kier molecular flexibility index (Phi) is 4.15. The highest BCUT2D eigenvalue weighted by atomic mass is 16.5. The highest BCUT2D eigenvalue weighted by Crippen LogP contribution is 2.19. The van der Waals surface area contributed by atoms with Crippen LogP contribution >= 0.6 is 0 Å². The van der Waals surface area contributed by atoms with Crippen molar-refractivity contribution in [3.63, 3.8) is 0 Å². The molecule has 0 spiro atoms. The van der Waals surface area contributed by atoms with E-state index in [1.54, 1.807) is 7.11 Å². The van der Waals surface area contributed by atoms with Crippen molar-refractivity contribution in [2.75, 3.05) is 26.8 Å². The van der Waals surface area contributed by atoms with Gasteiger partial charge in [-0.05, 0) is 30.9 Å². The Morgan fingerprint density at radius 2 is 1.94 bits per heavy atom. The molecule has 1 saturated heterocycles. The third-order valence-corrected chi connectivity index (χ3v) is 3.32. The van der Waals surface area contributed by atoms with Crippen molar-refractivity contribution in [1.29, 1.82) is 0 Å². The van der Waals surface area contributed by atoms with Crippen molar-refractivity contribution in [2.45, 2.75) is 12.8 Å². The molecule has 0 saturated carbocycles. The van der Waals surface area contributed by atoms with Gasteiger partial charge in [-0.15, -0.1) is 0 Å². The van der Waals surface area contributed by atoms with Gasteiger partial charge in [0.25, 0.3) is 5.91 Å². The van der Waals surface area contributed by atoms with Crippen molar-refractivity contribution >= 4 is 5.91 Å². The standard InChI is InChI=1S/C14H19NO2/c1-17-11-12-7-9-15(10-8-12)14(16)13-5-3-2-4-6-13/h2-6,12H,7-11H2,1H3. The Hall–Kier alpha value is -1.35. The van der Waals surface area contributed by atoms with Gasteiger partial charge in [0, 0.05) is 32.4 Å². The molecular formula is C14H19NO2. The molecule has 3 heteroatoms. The fourth-order valence-electron chi connectivity index (χ4n) is 2.30. The largest absolute Gasteiger partial charge is 0.384 e. The van der Waals surface area contributed by atoms with Gasteiger partial charge in [0.1, 0.15) is 0 Å². The van der Waals surface area contributed by atoms with E-state index in [4.69, 9.17) is 4.74 Å². The van der Waals surface area contributed by atoms with Crippen LogP contribution in [-0.4, -0.2) is 37.6 Å². The minimum absolute atomic E-state index is 0.154. The van der Waals surface area contributed by atoms with Gasteiger partial charge in [0.2, 0.25) is 0 Å². The second-order valence-corrected chi connectivity index (χ2v) is 4.56. The number of rotatable bonds is 3. The molecule has 0 aromatic heterocycles. The van der Waals surface area contributed by atoms with E-state index < -0.39 is 0 Å².